The van der Waals surface area contributed by atoms with Gasteiger partial charge in [-0.25, -0.2) is 9.68 Å². The number of hydrogen-bond donors (Lipinski definition) is 1. The monoisotopic (exact) mass is 208 g/mol. The predicted octanol–water partition coefficient (Wildman–Crippen LogP) is 2.21. The number of rotatable bonds is 0. The van der Waals surface area contributed by atoms with E-state index >= 15 is 0 Å². The summed E-state index contributed by atoms with van der Waals surface area (Å²) in [6, 6.07) is 9.01. The summed E-state index contributed by atoms with van der Waals surface area (Å²) in [5.74, 6) is 0. The average Bonchev–Trinajstić information content (AvgIpc) is 2.18. The number of aryl methyl sites for hydroxylation is 1. The maximum atomic E-state index is 10.9. The summed E-state index contributed by atoms with van der Waals surface area (Å²) in [6.07, 6.45) is 0. The van der Waals surface area contributed by atoms with E-state index in [1.807, 2.05) is 25.1 Å². The molecule has 0 amide bonds. The van der Waals surface area contributed by atoms with Crippen molar-refractivity contribution < 1.29 is 14.6 Å². The molecule has 1 aromatic carbocycles. The van der Waals surface area contributed by atoms with Gasteiger partial charge in [0.2, 0.25) is 0 Å². The molecule has 0 spiro atoms. The van der Waals surface area contributed by atoms with Gasteiger partial charge in [0.15, 0.2) is 0 Å². The van der Waals surface area contributed by atoms with Gasteiger partial charge in [-0.15, -0.1) is 0 Å². The van der Waals surface area contributed by atoms with Gasteiger partial charge < -0.3 is 4.42 Å². The Balaban J connectivity index is 0.000000337. The van der Waals surface area contributed by atoms with Gasteiger partial charge >= 0.3 is 5.63 Å². The molecule has 1 heterocycles. The molecule has 4 heteroatoms. The fourth-order valence-electron chi connectivity index (χ4n) is 1.27. The summed E-state index contributed by atoms with van der Waals surface area (Å²) in [5, 5.41) is 8.07. The molecule has 80 valence electrons. The molecule has 0 saturated carbocycles. The molecule has 4 nitrogen and oxygen atoms in total. The Morgan fingerprint density at radius 2 is 1.93 bits per heavy atom. The van der Waals surface area contributed by atoms with Gasteiger partial charge in [-0.1, -0.05) is 18.2 Å². The molecule has 0 fully saturated rings. The first-order chi connectivity index (χ1) is 7.19. The fraction of sp³-hybridized carbons (Fsp3) is 0.182. The summed E-state index contributed by atoms with van der Waals surface area (Å²) >= 11 is 0. The highest BCUT2D eigenvalue weighted by Crippen LogP contribution is 2.14. The third kappa shape index (κ3) is 2.90. The molecule has 0 aliphatic rings. The van der Waals surface area contributed by atoms with E-state index in [-0.39, 0.29) is 5.63 Å². The second-order valence-electron chi connectivity index (χ2n) is 2.93. The number of para-hydroxylation sites is 1. The quantitative estimate of drug-likeness (QED) is 0.409. The van der Waals surface area contributed by atoms with Crippen LogP contribution in [0.2, 0.25) is 0 Å². The van der Waals surface area contributed by atoms with Crippen LogP contribution in [0.3, 0.4) is 0 Å². The van der Waals surface area contributed by atoms with E-state index in [4.69, 9.17) is 9.67 Å². The zero-order valence-corrected chi connectivity index (χ0v) is 8.56. The van der Waals surface area contributed by atoms with E-state index in [1.54, 1.807) is 6.07 Å². The molecule has 1 N–H and O–H groups in total. The van der Waals surface area contributed by atoms with Crippen molar-refractivity contribution in [1.29, 1.82) is 0 Å². The smallest absolute Gasteiger partial charge is 0.336 e. The first-order valence-corrected chi connectivity index (χ1v) is 4.36. The number of fused-ring (bicyclic) bond motifs is 1. The minimum Gasteiger partial charge on any atom is -0.423 e. The fourth-order valence-corrected chi connectivity index (χ4v) is 1.27. The molecule has 0 saturated heterocycles. The highest BCUT2D eigenvalue weighted by Gasteiger charge is 1.98. The SMILES string of the molecule is COO.Cc1cc(=O)oc2ccccc12. The third-order valence-corrected chi connectivity index (χ3v) is 1.86. The zero-order chi connectivity index (χ0) is 11.3. The van der Waals surface area contributed by atoms with E-state index < -0.39 is 0 Å². The molecule has 0 aliphatic carbocycles. The Bertz CT molecular complexity index is 487. The van der Waals surface area contributed by atoms with Crippen LogP contribution >= 0.6 is 0 Å². The first kappa shape index (κ1) is 11.4. The molecule has 2 aromatic rings. The lowest BCUT2D eigenvalue weighted by Gasteiger charge is -1.97. The highest BCUT2D eigenvalue weighted by molar-refractivity contribution is 5.79. The molecular weight excluding hydrogens is 196 g/mol. The van der Waals surface area contributed by atoms with Gasteiger partial charge in [0.05, 0.1) is 7.11 Å². The van der Waals surface area contributed by atoms with Crippen LogP contribution < -0.4 is 5.63 Å². The lowest BCUT2D eigenvalue weighted by Crippen LogP contribution is -1.97. The highest BCUT2D eigenvalue weighted by atomic mass is 17.1. The molecule has 0 aliphatic heterocycles. The largest absolute Gasteiger partial charge is 0.423 e. The summed E-state index contributed by atoms with van der Waals surface area (Å²) < 4.78 is 4.99. The van der Waals surface area contributed by atoms with E-state index in [9.17, 15) is 4.79 Å². The van der Waals surface area contributed by atoms with Crippen molar-refractivity contribution in [2.45, 2.75) is 6.92 Å². The Hall–Kier alpha value is -1.65. The van der Waals surface area contributed by atoms with Crippen LogP contribution in [0.15, 0.2) is 39.5 Å². The van der Waals surface area contributed by atoms with E-state index in [0.717, 1.165) is 10.9 Å². The molecule has 2 rings (SSSR count). The Morgan fingerprint density at radius 3 is 2.60 bits per heavy atom. The number of benzene rings is 1. The van der Waals surface area contributed by atoms with Crippen LogP contribution in [0.4, 0.5) is 0 Å². The average molecular weight is 208 g/mol. The maximum absolute atomic E-state index is 10.9. The first-order valence-electron chi connectivity index (χ1n) is 4.36. The van der Waals surface area contributed by atoms with Crippen LogP contribution in [0, 0.1) is 6.92 Å². The molecule has 15 heavy (non-hydrogen) atoms. The lowest BCUT2D eigenvalue weighted by atomic mass is 10.1. The molecule has 0 atom stereocenters. The number of hydrogen-bond acceptors (Lipinski definition) is 4. The second kappa shape index (κ2) is 5.29. The van der Waals surface area contributed by atoms with Crippen LogP contribution in [-0.4, -0.2) is 12.4 Å². The van der Waals surface area contributed by atoms with Crippen LogP contribution in [0.25, 0.3) is 11.0 Å². The van der Waals surface area contributed by atoms with Gasteiger partial charge in [0.1, 0.15) is 5.58 Å². The van der Waals surface area contributed by atoms with Crippen molar-refractivity contribution in [3.05, 3.63) is 46.3 Å². The molecular formula is C11H12O4. The molecule has 1 aromatic heterocycles. The van der Waals surface area contributed by atoms with E-state index in [2.05, 4.69) is 4.89 Å². The van der Waals surface area contributed by atoms with Crippen molar-refractivity contribution >= 4 is 11.0 Å². The topological polar surface area (TPSA) is 59.7 Å². The minimum atomic E-state index is -0.286. The Labute approximate surface area is 86.7 Å². The van der Waals surface area contributed by atoms with Crippen LogP contribution in [0.5, 0.6) is 0 Å². The Kier molecular flexibility index (Phi) is 4.03. The van der Waals surface area contributed by atoms with Gasteiger partial charge in [-0.3, -0.25) is 5.26 Å². The standard InChI is InChI=1S/C10H8O2.CH4O2/c1-7-6-10(11)12-9-5-3-2-4-8(7)9;1-3-2/h2-6H,1H3;2H,1H3. The van der Waals surface area contributed by atoms with Gasteiger partial charge in [0, 0.05) is 11.5 Å². The van der Waals surface area contributed by atoms with Crippen molar-refractivity contribution in [3.63, 3.8) is 0 Å². The maximum Gasteiger partial charge on any atom is 0.336 e. The Morgan fingerprint density at radius 1 is 1.33 bits per heavy atom. The second-order valence-corrected chi connectivity index (χ2v) is 2.93. The molecule has 0 unspecified atom stereocenters. The van der Waals surface area contributed by atoms with Crippen molar-refractivity contribution in [2.24, 2.45) is 0 Å². The summed E-state index contributed by atoms with van der Waals surface area (Å²) in [5.41, 5.74) is 1.33. The zero-order valence-electron chi connectivity index (χ0n) is 8.56. The third-order valence-electron chi connectivity index (χ3n) is 1.86. The molecule has 0 radical (unpaired) electrons. The van der Waals surface area contributed by atoms with Crippen molar-refractivity contribution in [1.82, 2.24) is 0 Å². The van der Waals surface area contributed by atoms with Crippen molar-refractivity contribution in [3.8, 4) is 0 Å². The summed E-state index contributed by atoms with van der Waals surface area (Å²) in [4.78, 5) is 14.2. The normalized spacial score (nSPS) is 9.53. The summed E-state index contributed by atoms with van der Waals surface area (Å²) in [7, 11) is 1.18. The minimum absolute atomic E-state index is 0.286. The predicted molar refractivity (Wildman–Crippen MR) is 56.9 cm³/mol. The van der Waals surface area contributed by atoms with E-state index in [1.165, 1.54) is 13.2 Å². The van der Waals surface area contributed by atoms with Gasteiger partial charge in [-0.2, -0.15) is 0 Å². The van der Waals surface area contributed by atoms with Crippen LogP contribution in [-0.2, 0) is 4.89 Å². The summed E-state index contributed by atoms with van der Waals surface area (Å²) in [6.45, 7) is 1.90. The van der Waals surface area contributed by atoms with Gasteiger partial charge in [0.25, 0.3) is 0 Å². The lowest BCUT2D eigenvalue weighted by molar-refractivity contribution is -0.214. The molecule has 0 bridgehead atoms. The van der Waals surface area contributed by atoms with Crippen LogP contribution in [0.1, 0.15) is 5.56 Å². The van der Waals surface area contributed by atoms with Gasteiger partial charge in [-0.05, 0) is 18.6 Å². The van der Waals surface area contributed by atoms with Crippen molar-refractivity contribution in [2.75, 3.05) is 7.11 Å². The van der Waals surface area contributed by atoms with E-state index in [0.29, 0.717) is 5.58 Å².